The lowest BCUT2D eigenvalue weighted by atomic mass is 10.4. The molecule has 0 heterocycles. The summed E-state index contributed by atoms with van der Waals surface area (Å²) in [4.78, 5) is 0. The highest BCUT2D eigenvalue weighted by atomic mass is 127. The Morgan fingerprint density at radius 1 is 0.714 bits per heavy atom. The van der Waals surface area contributed by atoms with E-state index in [0.29, 0.717) is 0 Å². The van der Waals surface area contributed by atoms with Crippen LogP contribution in [-0.2, 0) is 0 Å². The topological polar surface area (TPSA) is 61.8 Å². The molecule has 0 rings (SSSR count). The molecule has 0 amide bonds. The molecule has 0 aliphatic rings. The van der Waals surface area contributed by atoms with Crippen LogP contribution in [-0.4, -0.2) is 35.7 Å². The van der Waals surface area contributed by atoms with Gasteiger partial charge in [0.25, 0.3) is 0 Å². The number of hydrogen-bond acceptors (Lipinski definition) is 5. The van der Waals surface area contributed by atoms with E-state index in [1.807, 2.05) is 0 Å². The van der Waals surface area contributed by atoms with Crippen molar-refractivity contribution in [1.82, 2.24) is 9.56 Å². The molecule has 0 aromatic heterocycles. The minimum atomic E-state index is 0.926. The predicted octanol–water partition coefficient (Wildman–Crippen LogP) is 1.47. The summed E-state index contributed by atoms with van der Waals surface area (Å²) in [6.07, 6.45) is 2.19. The zero-order chi connectivity index (χ0) is 11.0. The normalized spacial score (nSPS) is 12.0. The van der Waals surface area contributed by atoms with Gasteiger partial charge in [-0.15, -0.1) is 0 Å². The first-order valence-electron chi connectivity index (χ1n) is 4.29. The summed E-state index contributed by atoms with van der Waals surface area (Å²) in [5, 5.41) is 0. The lowest BCUT2D eigenvalue weighted by molar-refractivity contribution is 0.418. The van der Waals surface area contributed by atoms with Gasteiger partial charge in [-0.05, 0) is 12.8 Å². The fraction of sp³-hybridized carbons (Fsp3) is 1.00. The van der Waals surface area contributed by atoms with Crippen molar-refractivity contribution in [1.29, 1.82) is 0 Å². The van der Waals surface area contributed by atoms with Crippen molar-refractivity contribution in [2.45, 2.75) is 12.8 Å². The van der Waals surface area contributed by atoms with Crippen LogP contribution in [0.25, 0.3) is 0 Å². The quantitative estimate of drug-likeness (QED) is 0.212. The van der Waals surface area contributed by atoms with E-state index in [2.05, 4.69) is 71.7 Å². The van der Waals surface area contributed by atoms with Gasteiger partial charge in [0, 0.05) is 94.8 Å². The second kappa shape index (κ2) is 10.2. The Bertz CT molecular complexity index is 121. The number of hydrazine groups is 2. The van der Waals surface area contributed by atoms with Gasteiger partial charge in [-0.25, -0.2) is 3.11 Å². The molecule has 0 saturated carbocycles. The van der Waals surface area contributed by atoms with Gasteiger partial charge < -0.3 is 0 Å². The smallest absolute Gasteiger partial charge is 0.0364 e. The molecular weight excluding hydrogens is 523 g/mol. The van der Waals surface area contributed by atoms with Gasteiger partial charge >= 0.3 is 0 Å². The molecule has 5 nitrogen and oxygen atoms in total. The Morgan fingerprint density at radius 3 is 1.36 bits per heavy atom. The molecule has 0 bridgehead atoms. The van der Waals surface area contributed by atoms with E-state index in [9.17, 15) is 0 Å². The highest BCUT2D eigenvalue weighted by Gasteiger charge is 2.01. The maximum Gasteiger partial charge on any atom is 0.0364 e. The van der Waals surface area contributed by atoms with Crippen molar-refractivity contribution < 1.29 is 0 Å². The lowest BCUT2D eigenvalue weighted by Gasteiger charge is -2.15. The summed E-state index contributed by atoms with van der Waals surface area (Å²) in [5.41, 5.74) is 0. The Hall–Kier alpha value is 1.99. The number of halogens is 3. The molecule has 0 aliphatic heterocycles. The van der Waals surface area contributed by atoms with Gasteiger partial charge in [0.05, 0.1) is 0 Å². The van der Waals surface area contributed by atoms with Crippen molar-refractivity contribution in [3.8, 4) is 0 Å². The maximum atomic E-state index is 5.49. The summed E-state index contributed by atoms with van der Waals surface area (Å²) in [7, 11) is 0. The second-order valence-electron chi connectivity index (χ2n) is 2.86. The Morgan fingerprint density at radius 2 is 1.07 bits per heavy atom. The standard InChI is InChI=1S/C6H16I3N5/c7-12(3-1-5-13(8)10)4-2-6-14(9)11/h1-6,10-11H2. The van der Waals surface area contributed by atoms with E-state index in [1.165, 1.54) is 0 Å². The van der Waals surface area contributed by atoms with Crippen LogP contribution in [0.5, 0.6) is 0 Å². The van der Waals surface area contributed by atoms with Crippen molar-refractivity contribution in [2.24, 2.45) is 11.7 Å². The Balaban J connectivity index is 3.23. The molecule has 86 valence electrons. The Labute approximate surface area is 127 Å². The molecular formula is C6H16I3N5. The van der Waals surface area contributed by atoms with Gasteiger partial charge in [-0.3, -0.25) is 11.7 Å². The van der Waals surface area contributed by atoms with Crippen LogP contribution in [0.1, 0.15) is 12.8 Å². The third-order valence-corrected chi connectivity index (χ3v) is 3.47. The summed E-state index contributed by atoms with van der Waals surface area (Å²) in [6.45, 7) is 4.00. The number of nitrogens with two attached hydrogens (primary N) is 2. The first-order valence-corrected chi connectivity index (χ1v) is 7.18. The first-order chi connectivity index (χ1) is 6.52. The molecule has 0 fully saturated rings. The molecule has 8 heteroatoms. The van der Waals surface area contributed by atoms with Crippen LogP contribution >= 0.6 is 68.6 Å². The maximum absolute atomic E-state index is 5.49. The van der Waals surface area contributed by atoms with Crippen molar-refractivity contribution in [3.63, 3.8) is 0 Å². The minimum Gasteiger partial charge on any atom is -0.260 e. The summed E-state index contributed by atoms with van der Waals surface area (Å²) >= 11 is 6.53. The zero-order valence-corrected chi connectivity index (χ0v) is 14.3. The minimum absolute atomic E-state index is 0.926. The van der Waals surface area contributed by atoms with Crippen molar-refractivity contribution in [2.75, 3.05) is 26.2 Å². The van der Waals surface area contributed by atoms with Crippen LogP contribution in [0.3, 0.4) is 0 Å². The number of nitrogens with zero attached hydrogens (tertiary/aromatic N) is 3. The van der Waals surface area contributed by atoms with E-state index in [0.717, 1.165) is 39.0 Å². The fourth-order valence-corrected chi connectivity index (χ4v) is 2.26. The van der Waals surface area contributed by atoms with Gasteiger partial charge in [0.15, 0.2) is 0 Å². The van der Waals surface area contributed by atoms with E-state index in [1.54, 1.807) is 6.44 Å². The first kappa shape index (κ1) is 16.0. The summed E-state index contributed by atoms with van der Waals surface area (Å²) in [5.74, 6) is 11.0. The number of hydrogen-bond donors (Lipinski definition) is 2. The third-order valence-electron chi connectivity index (χ3n) is 1.54. The molecule has 0 spiro atoms. The van der Waals surface area contributed by atoms with Crippen LogP contribution in [0.2, 0.25) is 0 Å². The van der Waals surface area contributed by atoms with E-state index in [-0.39, 0.29) is 0 Å². The molecule has 0 radical (unpaired) electrons. The monoisotopic (exact) mass is 539 g/mol. The summed E-state index contributed by atoms with van der Waals surface area (Å²) < 4.78 is 5.65. The predicted molar refractivity (Wildman–Crippen MR) is 84.7 cm³/mol. The second-order valence-corrected chi connectivity index (χ2v) is 6.71. The van der Waals surface area contributed by atoms with Crippen LogP contribution in [0, 0.1) is 0 Å². The highest BCUT2D eigenvalue weighted by Crippen LogP contribution is 2.04. The van der Waals surface area contributed by atoms with Crippen molar-refractivity contribution in [3.05, 3.63) is 0 Å². The third kappa shape index (κ3) is 12.1. The van der Waals surface area contributed by atoms with Crippen molar-refractivity contribution >= 4 is 68.6 Å². The molecule has 0 aromatic rings. The van der Waals surface area contributed by atoms with Gasteiger partial charge in [0.1, 0.15) is 0 Å². The molecule has 14 heavy (non-hydrogen) atoms. The summed E-state index contributed by atoms with van der Waals surface area (Å²) in [6, 6.07) is 0. The van der Waals surface area contributed by atoms with Gasteiger partial charge in [0.2, 0.25) is 0 Å². The lowest BCUT2D eigenvalue weighted by Crippen LogP contribution is -2.26. The molecule has 0 aliphatic carbocycles. The average molecular weight is 539 g/mol. The fourth-order valence-electron chi connectivity index (χ4n) is 0.898. The van der Waals surface area contributed by atoms with E-state index >= 15 is 0 Å². The zero-order valence-electron chi connectivity index (χ0n) is 7.87. The van der Waals surface area contributed by atoms with Gasteiger partial charge in [-0.1, -0.05) is 0 Å². The SMILES string of the molecule is NN(I)CCCN(I)CCCN(N)I. The van der Waals surface area contributed by atoms with E-state index < -0.39 is 0 Å². The van der Waals surface area contributed by atoms with Crippen LogP contribution < -0.4 is 11.7 Å². The van der Waals surface area contributed by atoms with Gasteiger partial charge in [-0.2, -0.15) is 6.44 Å². The number of rotatable bonds is 8. The molecule has 0 unspecified atom stereocenters. The molecule has 0 saturated heterocycles. The average Bonchev–Trinajstić information content (AvgIpc) is 2.02. The highest BCUT2D eigenvalue weighted by molar-refractivity contribution is 14.1. The largest absolute Gasteiger partial charge is 0.260 e. The molecule has 0 atom stereocenters. The van der Waals surface area contributed by atoms with Crippen LogP contribution in [0.15, 0.2) is 0 Å². The Kier molecular flexibility index (Phi) is 11.6. The van der Waals surface area contributed by atoms with E-state index in [4.69, 9.17) is 11.7 Å². The molecule has 4 N–H and O–H groups in total. The molecule has 0 aromatic carbocycles. The van der Waals surface area contributed by atoms with Crippen LogP contribution in [0.4, 0.5) is 0 Å².